The maximum Gasteiger partial charge on any atom is 0.188 e. The van der Waals surface area contributed by atoms with Crippen LogP contribution in [0.15, 0.2) is 29.6 Å². The van der Waals surface area contributed by atoms with E-state index >= 15 is 0 Å². The number of carbonyl (C=O) groups excluding carboxylic acids is 1. The first-order chi connectivity index (χ1) is 7.18. The Bertz CT molecular complexity index is 507. The zero-order chi connectivity index (χ0) is 10.8. The number of Topliss-reactive ketones (excluding diaryl/α,β-unsaturated/α-hetero) is 1. The van der Waals surface area contributed by atoms with Crippen LogP contribution in [0.1, 0.15) is 16.7 Å². The molecule has 0 saturated heterocycles. The van der Waals surface area contributed by atoms with Crippen LogP contribution in [-0.2, 0) is 0 Å². The molecule has 0 radical (unpaired) electrons. The van der Waals surface area contributed by atoms with E-state index in [9.17, 15) is 9.18 Å². The Morgan fingerprint density at radius 1 is 1.40 bits per heavy atom. The molecule has 0 atom stereocenters. The Morgan fingerprint density at radius 2 is 2.13 bits per heavy atom. The van der Waals surface area contributed by atoms with E-state index in [1.54, 1.807) is 23.6 Å². The fraction of sp³-hybridized carbons (Fsp3) is 0.0909. The average Bonchev–Trinajstić information content (AvgIpc) is 2.67. The van der Waals surface area contributed by atoms with Gasteiger partial charge in [-0.3, -0.25) is 4.79 Å². The van der Waals surface area contributed by atoms with E-state index in [1.165, 1.54) is 24.3 Å². The molecule has 0 aliphatic heterocycles. The summed E-state index contributed by atoms with van der Waals surface area (Å²) in [4.78, 5) is 15.1. The average molecular weight is 221 g/mol. The first-order valence-electron chi connectivity index (χ1n) is 4.40. The number of carbonyl (C=O) groups is 1. The first-order valence-corrected chi connectivity index (χ1v) is 5.28. The second-order valence-corrected chi connectivity index (χ2v) is 3.93. The summed E-state index contributed by atoms with van der Waals surface area (Å²) >= 11 is 1.23. The zero-order valence-corrected chi connectivity index (χ0v) is 8.84. The number of rotatable bonds is 2. The summed E-state index contributed by atoms with van der Waals surface area (Å²) in [7, 11) is 0. The number of hydrogen-bond acceptors (Lipinski definition) is 3. The third-order valence-electron chi connectivity index (χ3n) is 1.96. The lowest BCUT2D eigenvalue weighted by atomic mass is 10.1. The standard InChI is InChI=1S/C11H8FNOS/c1-7(14)11-13-10(6-15-11)8-4-2-3-5-9(8)12/h2-6H,1H3. The zero-order valence-electron chi connectivity index (χ0n) is 8.03. The van der Waals surface area contributed by atoms with Crippen LogP contribution >= 0.6 is 11.3 Å². The third-order valence-corrected chi connectivity index (χ3v) is 2.90. The molecule has 2 nitrogen and oxygen atoms in total. The number of hydrogen-bond donors (Lipinski definition) is 0. The van der Waals surface area contributed by atoms with Gasteiger partial charge in [-0.2, -0.15) is 0 Å². The van der Waals surface area contributed by atoms with Crippen molar-refractivity contribution in [2.75, 3.05) is 0 Å². The van der Waals surface area contributed by atoms with Crippen molar-refractivity contribution < 1.29 is 9.18 Å². The minimum absolute atomic E-state index is 0.0948. The van der Waals surface area contributed by atoms with E-state index in [2.05, 4.69) is 4.98 Å². The molecule has 0 amide bonds. The van der Waals surface area contributed by atoms with Crippen molar-refractivity contribution in [1.82, 2.24) is 4.98 Å². The van der Waals surface area contributed by atoms with E-state index in [-0.39, 0.29) is 11.6 Å². The minimum Gasteiger partial charge on any atom is -0.292 e. The van der Waals surface area contributed by atoms with Crippen LogP contribution in [0.2, 0.25) is 0 Å². The first kappa shape index (κ1) is 9.98. The summed E-state index contributed by atoms with van der Waals surface area (Å²) in [6.45, 7) is 1.45. The Hall–Kier alpha value is -1.55. The summed E-state index contributed by atoms with van der Waals surface area (Å²) < 4.78 is 13.4. The molecule has 15 heavy (non-hydrogen) atoms. The van der Waals surface area contributed by atoms with E-state index in [4.69, 9.17) is 0 Å². The number of thiazole rings is 1. The van der Waals surface area contributed by atoms with E-state index in [0.717, 1.165) is 0 Å². The molecule has 0 aliphatic rings. The molecule has 1 heterocycles. The summed E-state index contributed by atoms with van der Waals surface area (Å²) in [6.07, 6.45) is 0. The van der Waals surface area contributed by atoms with Gasteiger partial charge in [0.2, 0.25) is 0 Å². The summed E-state index contributed by atoms with van der Waals surface area (Å²) in [5.74, 6) is -0.416. The second-order valence-electron chi connectivity index (χ2n) is 3.07. The molecule has 0 bridgehead atoms. The van der Waals surface area contributed by atoms with Gasteiger partial charge in [-0.05, 0) is 12.1 Å². The summed E-state index contributed by atoms with van der Waals surface area (Å²) in [6, 6.07) is 6.39. The normalized spacial score (nSPS) is 10.3. The van der Waals surface area contributed by atoms with Gasteiger partial charge in [0.05, 0.1) is 5.69 Å². The Morgan fingerprint density at radius 3 is 2.73 bits per heavy atom. The number of aromatic nitrogens is 1. The second kappa shape index (κ2) is 3.90. The van der Waals surface area contributed by atoms with E-state index in [0.29, 0.717) is 16.3 Å². The highest BCUT2D eigenvalue weighted by atomic mass is 32.1. The van der Waals surface area contributed by atoms with Gasteiger partial charge in [-0.25, -0.2) is 9.37 Å². The Balaban J connectivity index is 2.46. The van der Waals surface area contributed by atoms with Crippen molar-refractivity contribution >= 4 is 17.1 Å². The fourth-order valence-corrected chi connectivity index (χ4v) is 1.95. The number of halogens is 1. The van der Waals surface area contributed by atoms with Gasteiger partial charge >= 0.3 is 0 Å². The van der Waals surface area contributed by atoms with Crippen molar-refractivity contribution in [2.45, 2.75) is 6.92 Å². The lowest BCUT2D eigenvalue weighted by Gasteiger charge is -1.96. The van der Waals surface area contributed by atoms with Crippen LogP contribution in [-0.4, -0.2) is 10.8 Å². The smallest absolute Gasteiger partial charge is 0.188 e. The maximum atomic E-state index is 13.4. The highest BCUT2D eigenvalue weighted by Crippen LogP contribution is 2.24. The highest BCUT2D eigenvalue weighted by Gasteiger charge is 2.10. The van der Waals surface area contributed by atoms with Gasteiger partial charge in [-0.1, -0.05) is 12.1 Å². The van der Waals surface area contributed by atoms with Crippen LogP contribution in [0.3, 0.4) is 0 Å². The third kappa shape index (κ3) is 1.94. The van der Waals surface area contributed by atoms with Crippen molar-refractivity contribution in [3.63, 3.8) is 0 Å². The van der Waals surface area contributed by atoms with Gasteiger partial charge in [0, 0.05) is 17.9 Å². The highest BCUT2D eigenvalue weighted by molar-refractivity contribution is 7.12. The SMILES string of the molecule is CC(=O)c1nc(-c2ccccc2F)cs1. The van der Waals surface area contributed by atoms with Crippen molar-refractivity contribution in [3.8, 4) is 11.3 Å². The van der Waals surface area contributed by atoms with Gasteiger partial charge in [0.15, 0.2) is 10.8 Å². The summed E-state index contributed by atoms with van der Waals surface area (Å²) in [5, 5.41) is 2.10. The summed E-state index contributed by atoms with van der Waals surface area (Å²) in [5.41, 5.74) is 0.949. The monoisotopic (exact) mass is 221 g/mol. The molecule has 1 aromatic carbocycles. The maximum absolute atomic E-state index is 13.4. The largest absolute Gasteiger partial charge is 0.292 e. The Labute approximate surface area is 90.4 Å². The minimum atomic E-state index is -0.321. The molecule has 4 heteroatoms. The number of ketones is 1. The predicted molar refractivity (Wildman–Crippen MR) is 57.5 cm³/mol. The van der Waals surface area contributed by atoms with Crippen molar-refractivity contribution in [1.29, 1.82) is 0 Å². The van der Waals surface area contributed by atoms with Crippen molar-refractivity contribution in [3.05, 3.63) is 40.5 Å². The number of benzene rings is 1. The topological polar surface area (TPSA) is 30.0 Å². The molecular formula is C11H8FNOS. The van der Waals surface area contributed by atoms with Gasteiger partial charge in [-0.15, -0.1) is 11.3 Å². The molecule has 2 aromatic rings. The molecule has 0 N–H and O–H groups in total. The molecule has 2 rings (SSSR count). The van der Waals surface area contributed by atoms with Crippen LogP contribution in [0.5, 0.6) is 0 Å². The molecule has 0 unspecified atom stereocenters. The molecular weight excluding hydrogens is 213 g/mol. The van der Waals surface area contributed by atoms with E-state index in [1.807, 2.05) is 0 Å². The molecule has 1 aromatic heterocycles. The quantitative estimate of drug-likeness (QED) is 0.729. The Kier molecular flexibility index (Phi) is 2.60. The van der Waals surface area contributed by atoms with Crippen LogP contribution < -0.4 is 0 Å². The van der Waals surface area contributed by atoms with E-state index < -0.39 is 0 Å². The molecule has 0 spiro atoms. The fourth-order valence-electron chi connectivity index (χ4n) is 1.23. The van der Waals surface area contributed by atoms with Crippen LogP contribution in [0, 0.1) is 5.82 Å². The number of nitrogens with zero attached hydrogens (tertiary/aromatic N) is 1. The lowest BCUT2D eigenvalue weighted by molar-refractivity contribution is 0.101. The lowest BCUT2D eigenvalue weighted by Crippen LogP contribution is -1.90. The molecule has 0 fully saturated rings. The van der Waals surface area contributed by atoms with Gasteiger partial charge in [0.1, 0.15) is 5.82 Å². The van der Waals surface area contributed by atoms with Crippen LogP contribution in [0.25, 0.3) is 11.3 Å². The van der Waals surface area contributed by atoms with Crippen molar-refractivity contribution in [2.24, 2.45) is 0 Å². The molecule has 0 saturated carbocycles. The predicted octanol–water partition coefficient (Wildman–Crippen LogP) is 3.15. The molecule has 76 valence electrons. The van der Waals surface area contributed by atoms with Gasteiger partial charge < -0.3 is 0 Å². The van der Waals surface area contributed by atoms with Crippen LogP contribution in [0.4, 0.5) is 4.39 Å². The van der Waals surface area contributed by atoms with Gasteiger partial charge in [0.25, 0.3) is 0 Å². The molecule has 0 aliphatic carbocycles.